The third kappa shape index (κ3) is 3.74. The lowest BCUT2D eigenvalue weighted by Crippen LogP contribution is -2.42. The minimum atomic E-state index is -4.55. The van der Waals surface area contributed by atoms with E-state index in [0.29, 0.717) is 11.8 Å². The quantitative estimate of drug-likeness (QED) is 0.842. The highest BCUT2D eigenvalue weighted by Gasteiger charge is 2.40. The van der Waals surface area contributed by atoms with Gasteiger partial charge in [0.25, 0.3) is 0 Å². The van der Waals surface area contributed by atoms with E-state index < -0.39 is 17.9 Å². The number of halogens is 3. The van der Waals surface area contributed by atoms with Crippen molar-refractivity contribution in [3.8, 4) is 11.4 Å². The number of carbonyl (C=O) groups is 1. The van der Waals surface area contributed by atoms with E-state index in [1.807, 2.05) is 0 Å². The van der Waals surface area contributed by atoms with Gasteiger partial charge in [-0.1, -0.05) is 18.0 Å². The number of pyridine rings is 1. The summed E-state index contributed by atoms with van der Waals surface area (Å²) in [4.78, 5) is 20.2. The number of aromatic nitrogens is 3. The Bertz CT molecular complexity index is 859. The lowest BCUT2D eigenvalue weighted by molar-refractivity contribution is -0.141. The SMILES string of the molecule is C[C@H](NC(=O)C1CC2CCC1CC2)c1nc(-c2ccnc(C(F)(F)F)c2)no1. The van der Waals surface area contributed by atoms with Crippen molar-refractivity contribution >= 4 is 5.91 Å². The number of carbonyl (C=O) groups excluding carboxylic acids is 1. The van der Waals surface area contributed by atoms with Crippen molar-refractivity contribution in [1.82, 2.24) is 20.4 Å². The van der Waals surface area contributed by atoms with Crippen LogP contribution in [0, 0.1) is 17.8 Å². The van der Waals surface area contributed by atoms with Crippen LogP contribution >= 0.6 is 0 Å². The maximum absolute atomic E-state index is 12.8. The number of alkyl halides is 3. The summed E-state index contributed by atoms with van der Waals surface area (Å²) in [6, 6.07) is 1.74. The van der Waals surface area contributed by atoms with Crippen LogP contribution in [0.4, 0.5) is 13.2 Å². The van der Waals surface area contributed by atoms with Crippen molar-refractivity contribution in [2.24, 2.45) is 17.8 Å². The van der Waals surface area contributed by atoms with Gasteiger partial charge in [-0.25, -0.2) is 0 Å². The fourth-order valence-corrected chi connectivity index (χ4v) is 4.33. The molecule has 6 nitrogen and oxygen atoms in total. The highest BCUT2D eigenvalue weighted by molar-refractivity contribution is 5.79. The van der Waals surface area contributed by atoms with Crippen molar-refractivity contribution in [3.05, 3.63) is 29.9 Å². The zero-order chi connectivity index (χ0) is 19.9. The van der Waals surface area contributed by atoms with Crippen LogP contribution in [0.3, 0.4) is 0 Å². The molecule has 2 bridgehead atoms. The minimum absolute atomic E-state index is 0.00933. The average Bonchev–Trinajstić information content (AvgIpc) is 3.19. The van der Waals surface area contributed by atoms with Crippen molar-refractivity contribution in [3.63, 3.8) is 0 Å². The summed E-state index contributed by atoms with van der Waals surface area (Å²) in [5, 5.41) is 6.68. The molecule has 5 rings (SSSR count). The number of nitrogens with zero attached hydrogens (tertiary/aromatic N) is 3. The van der Waals surface area contributed by atoms with Gasteiger partial charge < -0.3 is 9.84 Å². The van der Waals surface area contributed by atoms with E-state index in [9.17, 15) is 18.0 Å². The number of nitrogens with one attached hydrogen (secondary N) is 1. The second kappa shape index (κ2) is 7.18. The molecule has 2 atom stereocenters. The third-order valence-corrected chi connectivity index (χ3v) is 5.86. The molecule has 9 heteroatoms. The van der Waals surface area contributed by atoms with Gasteiger partial charge in [0.05, 0.1) is 0 Å². The van der Waals surface area contributed by atoms with Gasteiger partial charge >= 0.3 is 6.18 Å². The Balaban J connectivity index is 1.45. The zero-order valence-corrected chi connectivity index (χ0v) is 15.4. The Morgan fingerprint density at radius 2 is 2.04 bits per heavy atom. The predicted octanol–water partition coefficient (Wildman–Crippen LogP) is 4.15. The molecule has 2 aromatic rings. The molecule has 3 aliphatic rings. The number of amides is 1. The fourth-order valence-electron chi connectivity index (χ4n) is 4.33. The first-order valence-corrected chi connectivity index (χ1v) is 9.49. The Kier molecular flexibility index (Phi) is 4.84. The Morgan fingerprint density at radius 1 is 1.29 bits per heavy atom. The van der Waals surface area contributed by atoms with Crippen molar-refractivity contribution in [2.45, 2.75) is 51.2 Å². The molecule has 1 amide bonds. The monoisotopic (exact) mass is 394 g/mol. The molecule has 3 saturated carbocycles. The van der Waals surface area contributed by atoms with E-state index >= 15 is 0 Å². The highest BCUT2D eigenvalue weighted by Crippen LogP contribution is 2.45. The van der Waals surface area contributed by atoms with E-state index in [1.54, 1.807) is 6.92 Å². The first kappa shape index (κ1) is 18.9. The fraction of sp³-hybridized carbons (Fsp3) is 0.579. The molecule has 3 aliphatic carbocycles. The van der Waals surface area contributed by atoms with Gasteiger partial charge in [0.1, 0.15) is 11.7 Å². The topological polar surface area (TPSA) is 80.9 Å². The average molecular weight is 394 g/mol. The standard InChI is InChI=1S/C19H21F3N4O2/c1-10(24-17(27)14-8-11-2-4-12(14)5-3-11)18-25-16(26-28-18)13-6-7-23-15(9-13)19(20,21)22/h6-7,9-12,14H,2-5,8H2,1H3,(H,24,27)/t10-,11?,12?,14?/m0/s1. The first-order chi connectivity index (χ1) is 13.3. The number of rotatable bonds is 4. The molecule has 150 valence electrons. The number of hydrogen-bond acceptors (Lipinski definition) is 5. The smallest absolute Gasteiger partial charge is 0.344 e. The van der Waals surface area contributed by atoms with Crippen LogP contribution in [-0.2, 0) is 11.0 Å². The summed E-state index contributed by atoms with van der Waals surface area (Å²) in [6.45, 7) is 1.73. The highest BCUT2D eigenvalue weighted by atomic mass is 19.4. The molecule has 28 heavy (non-hydrogen) atoms. The van der Waals surface area contributed by atoms with Crippen LogP contribution in [0.2, 0.25) is 0 Å². The summed E-state index contributed by atoms with van der Waals surface area (Å²) >= 11 is 0. The third-order valence-electron chi connectivity index (χ3n) is 5.86. The normalized spacial score (nSPS) is 25.5. The lowest BCUT2D eigenvalue weighted by Gasteiger charge is -2.41. The summed E-state index contributed by atoms with van der Waals surface area (Å²) in [5.74, 6) is 1.28. The minimum Gasteiger partial charge on any atom is -0.344 e. The summed E-state index contributed by atoms with van der Waals surface area (Å²) in [6.07, 6.45) is 2.05. The largest absolute Gasteiger partial charge is 0.433 e. The lowest BCUT2D eigenvalue weighted by atomic mass is 9.64. The van der Waals surface area contributed by atoms with Crippen LogP contribution in [-0.4, -0.2) is 21.0 Å². The maximum atomic E-state index is 12.8. The Morgan fingerprint density at radius 3 is 2.68 bits per heavy atom. The molecule has 2 aromatic heterocycles. The van der Waals surface area contributed by atoms with Gasteiger partial charge in [0.2, 0.25) is 17.6 Å². The van der Waals surface area contributed by atoms with Crippen molar-refractivity contribution in [2.75, 3.05) is 0 Å². The second-order valence-corrected chi connectivity index (χ2v) is 7.74. The number of hydrogen-bond donors (Lipinski definition) is 1. The molecular formula is C19H21F3N4O2. The summed E-state index contributed by atoms with van der Waals surface area (Å²) < 4.78 is 43.7. The van der Waals surface area contributed by atoms with Crippen LogP contribution in [0.15, 0.2) is 22.9 Å². The van der Waals surface area contributed by atoms with E-state index in [4.69, 9.17) is 4.52 Å². The van der Waals surface area contributed by atoms with E-state index in [1.165, 1.54) is 18.9 Å². The maximum Gasteiger partial charge on any atom is 0.433 e. The molecule has 0 spiro atoms. The van der Waals surface area contributed by atoms with Crippen LogP contribution in [0.5, 0.6) is 0 Å². The molecule has 1 unspecified atom stereocenters. The van der Waals surface area contributed by atoms with Gasteiger partial charge in [0.15, 0.2) is 0 Å². The van der Waals surface area contributed by atoms with Crippen LogP contribution in [0.1, 0.15) is 56.7 Å². The molecule has 0 radical (unpaired) electrons. The summed E-state index contributed by atoms with van der Waals surface area (Å²) in [7, 11) is 0. The molecule has 0 aromatic carbocycles. The van der Waals surface area contributed by atoms with Gasteiger partial charge in [-0.15, -0.1) is 0 Å². The zero-order valence-electron chi connectivity index (χ0n) is 15.4. The Labute approximate surface area is 159 Å². The van der Waals surface area contributed by atoms with Crippen molar-refractivity contribution < 1.29 is 22.5 Å². The molecule has 1 N–H and O–H groups in total. The molecule has 0 aliphatic heterocycles. The van der Waals surface area contributed by atoms with Crippen molar-refractivity contribution in [1.29, 1.82) is 0 Å². The first-order valence-electron chi connectivity index (χ1n) is 9.49. The van der Waals surface area contributed by atoms with E-state index in [2.05, 4.69) is 20.4 Å². The van der Waals surface area contributed by atoms with Gasteiger partial charge in [0, 0.05) is 17.7 Å². The summed E-state index contributed by atoms with van der Waals surface area (Å²) in [5.41, 5.74) is -0.870. The Hall–Kier alpha value is -2.45. The second-order valence-electron chi connectivity index (χ2n) is 7.74. The van der Waals surface area contributed by atoms with Gasteiger partial charge in [-0.05, 0) is 50.2 Å². The van der Waals surface area contributed by atoms with E-state index in [-0.39, 0.29) is 29.1 Å². The number of fused-ring (bicyclic) bond motifs is 3. The molecule has 0 saturated heterocycles. The van der Waals surface area contributed by atoms with Gasteiger partial charge in [-0.3, -0.25) is 9.78 Å². The predicted molar refractivity (Wildman–Crippen MR) is 92.6 cm³/mol. The molecule has 3 fully saturated rings. The van der Waals surface area contributed by atoms with Crippen LogP contribution in [0.25, 0.3) is 11.4 Å². The molecular weight excluding hydrogens is 373 g/mol. The van der Waals surface area contributed by atoms with Gasteiger partial charge in [-0.2, -0.15) is 18.2 Å². The molecule has 2 heterocycles. The van der Waals surface area contributed by atoms with E-state index in [0.717, 1.165) is 31.5 Å². The van der Waals surface area contributed by atoms with Crippen LogP contribution < -0.4 is 5.32 Å².